The van der Waals surface area contributed by atoms with E-state index in [0.29, 0.717) is 6.04 Å². The predicted octanol–water partition coefficient (Wildman–Crippen LogP) is 6.77. The van der Waals surface area contributed by atoms with Crippen LogP contribution in [0.4, 0.5) is 11.4 Å². The third kappa shape index (κ3) is 4.45. The Balaban J connectivity index is 1.53. The number of nitro groups is 1. The summed E-state index contributed by atoms with van der Waals surface area (Å²) in [4.78, 5) is 20.5. The van der Waals surface area contributed by atoms with E-state index in [2.05, 4.69) is 17.2 Å². The molecule has 3 aromatic carbocycles. The molecule has 7 heteroatoms. The van der Waals surface area contributed by atoms with Crippen molar-refractivity contribution in [3.63, 3.8) is 0 Å². The fourth-order valence-corrected chi connectivity index (χ4v) is 4.95. The minimum atomic E-state index is -0.372. The van der Waals surface area contributed by atoms with Crippen molar-refractivity contribution in [3.05, 3.63) is 89.0 Å². The zero-order chi connectivity index (χ0) is 22.8. The number of nitrogens with zero attached hydrogens (tertiary/aromatic N) is 3. The van der Waals surface area contributed by atoms with Gasteiger partial charge in [0.05, 0.1) is 22.2 Å². The van der Waals surface area contributed by atoms with Gasteiger partial charge >= 0.3 is 0 Å². The number of aliphatic imine (C=N–C) groups is 1. The number of non-ortho nitro benzene ring substituents is 1. The number of pyridine rings is 1. The first-order valence-corrected chi connectivity index (χ1v) is 11.8. The minimum absolute atomic E-state index is 0.0580. The van der Waals surface area contributed by atoms with Gasteiger partial charge in [-0.1, -0.05) is 61.2 Å². The number of rotatable bonds is 5. The number of nitro benzene ring substituents is 1. The smallest absolute Gasteiger partial charge is 0.270 e. The van der Waals surface area contributed by atoms with Gasteiger partial charge in [-0.2, -0.15) is 0 Å². The lowest BCUT2D eigenvalue weighted by Crippen LogP contribution is -2.05. The normalized spacial score (nSPS) is 15.4. The van der Waals surface area contributed by atoms with E-state index in [4.69, 9.17) is 4.98 Å². The first-order valence-electron chi connectivity index (χ1n) is 10.8. The van der Waals surface area contributed by atoms with Crippen LogP contribution in [0.5, 0.6) is 0 Å². The highest BCUT2D eigenvalue weighted by Crippen LogP contribution is 2.34. The highest BCUT2D eigenvalue weighted by Gasteiger charge is 2.17. The van der Waals surface area contributed by atoms with Crippen molar-refractivity contribution in [2.24, 2.45) is 4.99 Å². The Labute approximate surface area is 195 Å². The number of anilines is 1. The maximum absolute atomic E-state index is 11.3. The summed E-state index contributed by atoms with van der Waals surface area (Å²) in [6.07, 6.45) is 1.05. The van der Waals surface area contributed by atoms with Crippen molar-refractivity contribution in [3.8, 4) is 22.4 Å². The van der Waals surface area contributed by atoms with Crippen LogP contribution in [0.15, 0.2) is 83.9 Å². The summed E-state index contributed by atoms with van der Waals surface area (Å²) in [6, 6.07) is 25.3. The van der Waals surface area contributed by atoms with Crippen LogP contribution in [0.3, 0.4) is 0 Å². The van der Waals surface area contributed by atoms with Crippen LogP contribution in [0.1, 0.15) is 13.3 Å². The molecule has 1 aromatic heterocycles. The van der Waals surface area contributed by atoms with Crippen molar-refractivity contribution in [1.82, 2.24) is 4.98 Å². The maximum atomic E-state index is 11.3. The lowest BCUT2D eigenvalue weighted by molar-refractivity contribution is -0.384. The zero-order valence-electron chi connectivity index (χ0n) is 18.1. The topological polar surface area (TPSA) is 80.4 Å². The van der Waals surface area contributed by atoms with Crippen molar-refractivity contribution in [1.29, 1.82) is 0 Å². The van der Waals surface area contributed by atoms with Crippen molar-refractivity contribution >= 4 is 39.2 Å². The maximum Gasteiger partial charge on any atom is 0.270 e. The third-order valence-corrected chi connectivity index (χ3v) is 6.74. The molecule has 6 nitrogen and oxygen atoms in total. The van der Waals surface area contributed by atoms with E-state index in [1.165, 1.54) is 6.07 Å². The fraction of sp³-hybridized carbons (Fsp3) is 0.154. The molecule has 1 N–H and O–H groups in total. The van der Waals surface area contributed by atoms with E-state index < -0.39 is 0 Å². The van der Waals surface area contributed by atoms with Crippen LogP contribution >= 0.6 is 11.8 Å². The summed E-state index contributed by atoms with van der Waals surface area (Å²) in [7, 11) is 0. The van der Waals surface area contributed by atoms with Crippen molar-refractivity contribution in [2.45, 2.75) is 19.4 Å². The standard InChI is InChI=1S/C26H22N4O2S/c1-2-19-16-33-26(27-19)28-20-10-8-18(9-11-20)25-15-22(17-6-4-3-5-7-17)23-14-21(30(31)32)12-13-24(23)29-25/h3-15,19H,2,16H2,1H3,(H,27,28). The van der Waals surface area contributed by atoms with E-state index in [-0.39, 0.29) is 10.6 Å². The lowest BCUT2D eigenvalue weighted by Gasteiger charge is -2.11. The number of thioether (sulfide) groups is 1. The molecular weight excluding hydrogens is 432 g/mol. The van der Waals surface area contributed by atoms with Crippen LogP contribution in [0.2, 0.25) is 0 Å². The third-order valence-electron chi connectivity index (χ3n) is 5.70. The highest BCUT2D eigenvalue weighted by atomic mass is 32.2. The number of fused-ring (bicyclic) bond motifs is 1. The highest BCUT2D eigenvalue weighted by molar-refractivity contribution is 8.14. The number of hydrogen-bond donors (Lipinski definition) is 1. The first kappa shape index (κ1) is 21.2. The number of nitrogens with one attached hydrogen (secondary N) is 1. The summed E-state index contributed by atoms with van der Waals surface area (Å²) < 4.78 is 0. The van der Waals surface area contributed by atoms with Gasteiger partial charge in [-0.15, -0.1) is 0 Å². The molecule has 2 heterocycles. The van der Waals surface area contributed by atoms with E-state index >= 15 is 0 Å². The van der Waals surface area contributed by atoms with E-state index in [1.807, 2.05) is 60.7 Å². The SMILES string of the molecule is CCC1CSC(Nc2ccc(-c3cc(-c4ccccc4)c4cc([N+](=O)[O-])ccc4n3)cc2)=N1. The van der Waals surface area contributed by atoms with Crippen molar-refractivity contribution in [2.75, 3.05) is 11.1 Å². The average molecular weight is 455 g/mol. The molecule has 1 atom stereocenters. The molecule has 0 radical (unpaired) electrons. The Bertz CT molecular complexity index is 1350. The molecule has 0 spiro atoms. The van der Waals surface area contributed by atoms with Gasteiger partial charge in [0.15, 0.2) is 5.17 Å². The minimum Gasteiger partial charge on any atom is -0.335 e. The molecule has 0 saturated carbocycles. The monoisotopic (exact) mass is 454 g/mol. The summed E-state index contributed by atoms with van der Waals surface area (Å²) in [5.41, 5.74) is 5.48. The number of amidine groups is 1. The van der Waals surface area contributed by atoms with Crippen LogP contribution in [-0.4, -0.2) is 26.9 Å². The Morgan fingerprint density at radius 3 is 2.52 bits per heavy atom. The molecule has 0 saturated heterocycles. The van der Waals surface area contributed by atoms with Gasteiger partial charge < -0.3 is 5.32 Å². The molecular formula is C26H22N4O2S. The Morgan fingerprint density at radius 1 is 1.03 bits per heavy atom. The molecule has 0 fully saturated rings. The van der Waals surface area contributed by atoms with Gasteiger partial charge in [0.25, 0.3) is 5.69 Å². The van der Waals surface area contributed by atoms with Crippen LogP contribution < -0.4 is 5.32 Å². The quantitative estimate of drug-likeness (QED) is 0.266. The van der Waals surface area contributed by atoms with Gasteiger partial charge in [0.2, 0.25) is 0 Å². The molecule has 1 aliphatic rings. The number of benzene rings is 3. The van der Waals surface area contributed by atoms with E-state index in [9.17, 15) is 10.1 Å². The zero-order valence-corrected chi connectivity index (χ0v) is 18.9. The molecule has 1 aliphatic heterocycles. The second-order valence-electron chi connectivity index (χ2n) is 7.89. The van der Waals surface area contributed by atoms with Gasteiger partial charge in [-0.05, 0) is 41.8 Å². The summed E-state index contributed by atoms with van der Waals surface area (Å²) in [6.45, 7) is 2.16. The average Bonchev–Trinajstić information content (AvgIpc) is 3.31. The van der Waals surface area contributed by atoms with E-state index in [1.54, 1.807) is 23.9 Å². The van der Waals surface area contributed by atoms with Gasteiger partial charge in [-0.25, -0.2) is 4.98 Å². The molecule has 0 amide bonds. The number of hydrogen-bond acceptors (Lipinski definition) is 6. The van der Waals surface area contributed by atoms with Gasteiger partial charge in [0, 0.05) is 34.5 Å². The molecule has 33 heavy (non-hydrogen) atoms. The number of aromatic nitrogens is 1. The second-order valence-corrected chi connectivity index (χ2v) is 8.90. The summed E-state index contributed by atoms with van der Waals surface area (Å²) in [5, 5.41) is 16.5. The molecule has 0 aliphatic carbocycles. The van der Waals surface area contributed by atoms with Crippen molar-refractivity contribution < 1.29 is 4.92 Å². The van der Waals surface area contributed by atoms with E-state index in [0.717, 1.165) is 56.3 Å². The predicted molar refractivity (Wildman–Crippen MR) is 137 cm³/mol. The molecule has 4 aromatic rings. The van der Waals surface area contributed by atoms with Crippen LogP contribution in [-0.2, 0) is 0 Å². The second kappa shape index (κ2) is 9.03. The molecule has 0 bridgehead atoms. The van der Waals surface area contributed by atoms with Crippen LogP contribution in [0.25, 0.3) is 33.3 Å². The molecule has 164 valence electrons. The Morgan fingerprint density at radius 2 is 1.82 bits per heavy atom. The molecule has 1 unspecified atom stereocenters. The Kier molecular flexibility index (Phi) is 5.79. The Hall–Kier alpha value is -3.71. The largest absolute Gasteiger partial charge is 0.335 e. The summed E-state index contributed by atoms with van der Waals surface area (Å²) >= 11 is 1.75. The summed E-state index contributed by atoms with van der Waals surface area (Å²) in [5.74, 6) is 1.03. The lowest BCUT2D eigenvalue weighted by atomic mass is 9.98. The van der Waals surface area contributed by atoms with Gasteiger partial charge in [0.1, 0.15) is 0 Å². The van der Waals surface area contributed by atoms with Crippen LogP contribution in [0, 0.1) is 10.1 Å². The fourth-order valence-electron chi connectivity index (χ4n) is 3.87. The first-order chi connectivity index (χ1) is 16.1. The molecule has 5 rings (SSSR count). The van der Waals surface area contributed by atoms with Gasteiger partial charge in [-0.3, -0.25) is 15.1 Å².